The van der Waals surface area contributed by atoms with Crippen molar-refractivity contribution in [1.29, 1.82) is 0 Å². The summed E-state index contributed by atoms with van der Waals surface area (Å²) in [4.78, 5) is 4.94. The molecule has 0 spiro atoms. The summed E-state index contributed by atoms with van der Waals surface area (Å²) in [6, 6.07) is 106. The summed E-state index contributed by atoms with van der Waals surface area (Å²) >= 11 is 0. The first-order valence-electron chi connectivity index (χ1n) is 30.3. The van der Waals surface area contributed by atoms with Crippen molar-refractivity contribution in [3.8, 4) is 55.6 Å². The topological polar surface area (TPSA) is 32.8 Å². The number of benzene rings is 14. The van der Waals surface area contributed by atoms with Gasteiger partial charge in [-0.2, -0.15) is 0 Å². The molecular formula is C84H60N2O2. The predicted octanol–water partition coefficient (Wildman–Crippen LogP) is 24.3. The van der Waals surface area contributed by atoms with Crippen LogP contribution in [0.15, 0.2) is 300 Å². The van der Waals surface area contributed by atoms with Gasteiger partial charge in [-0.05, 0) is 213 Å². The second-order valence-electron chi connectivity index (χ2n) is 23.5. The average molecular weight is 1130 g/mol. The van der Waals surface area contributed by atoms with Crippen LogP contribution in [-0.2, 0) is 0 Å². The molecule has 88 heavy (non-hydrogen) atoms. The van der Waals surface area contributed by atoms with Crippen molar-refractivity contribution in [2.45, 2.75) is 27.7 Å². The van der Waals surface area contributed by atoms with E-state index >= 15 is 0 Å². The summed E-state index contributed by atoms with van der Waals surface area (Å²) in [7, 11) is 0. The van der Waals surface area contributed by atoms with E-state index < -0.39 is 0 Å². The summed E-state index contributed by atoms with van der Waals surface area (Å²) in [5.41, 5.74) is 26.3. The highest BCUT2D eigenvalue weighted by Crippen LogP contribution is 2.49. The number of para-hydroxylation sites is 4. The van der Waals surface area contributed by atoms with E-state index in [4.69, 9.17) is 8.83 Å². The lowest BCUT2D eigenvalue weighted by Crippen LogP contribution is -2.14. The molecule has 0 fully saturated rings. The van der Waals surface area contributed by atoms with Gasteiger partial charge < -0.3 is 18.6 Å². The van der Waals surface area contributed by atoms with Crippen molar-refractivity contribution in [3.05, 3.63) is 313 Å². The lowest BCUT2D eigenvalue weighted by molar-refractivity contribution is 0.668. The molecule has 4 nitrogen and oxygen atoms in total. The quantitative estimate of drug-likeness (QED) is 0.129. The predicted molar refractivity (Wildman–Crippen MR) is 372 cm³/mol. The van der Waals surface area contributed by atoms with Gasteiger partial charge in [-0.15, -0.1) is 0 Å². The maximum atomic E-state index is 6.34. The Morgan fingerprint density at radius 1 is 0.227 bits per heavy atom. The van der Waals surface area contributed by atoms with Gasteiger partial charge in [0.25, 0.3) is 0 Å². The van der Waals surface area contributed by atoms with Gasteiger partial charge >= 0.3 is 0 Å². The Morgan fingerprint density at radius 2 is 0.580 bits per heavy atom. The molecule has 4 heteroatoms. The van der Waals surface area contributed by atoms with Crippen molar-refractivity contribution in [1.82, 2.24) is 0 Å². The summed E-state index contributed by atoms with van der Waals surface area (Å²) in [6.07, 6.45) is 0. The Hall–Kier alpha value is -11.2. The third-order valence-electron chi connectivity index (χ3n) is 17.9. The molecule has 2 heterocycles. The molecule has 14 aromatic carbocycles. The third kappa shape index (κ3) is 9.17. The highest BCUT2D eigenvalue weighted by atomic mass is 16.3. The maximum absolute atomic E-state index is 6.34. The van der Waals surface area contributed by atoms with Gasteiger partial charge in [-0.1, -0.05) is 194 Å². The van der Waals surface area contributed by atoms with Gasteiger partial charge in [0.1, 0.15) is 22.3 Å². The van der Waals surface area contributed by atoms with Gasteiger partial charge in [0.05, 0.1) is 11.4 Å². The molecule has 0 amide bonds. The van der Waals surface area contributed by atoms with Crippen LogP contribution in [0, 0.1) is 27.7 Å². The number of anilines is 6. The number of fused-ring (bicyclic) bond motifs is 8. The highest BCUT2D eigenvalue weighted by Gasteiger charge is 2.25. The maximum Gasteiger partial charge on any atom is 0.135 e. The van der Waals surface area contributed by atoms with Crippen molar-refractivity contribution in [3.63, 3.8) is 0 Å². The van der Waals surface area contributed by atoms with Crippen molar-refractivity contribution < 1.29 is 8.83 Å². The normalized spacial score (nSPS) is 11.6. The first-order valence-corrected chi connectivity index (χ1v) is 30.3. The molecule has 0 radical (unpaired) electrons. The zero-order valence-corrected chi connectivity index (χ0v) is 49.4. The van der Waals surface area contributed by atoms with Crippen LogP contribution in [0.1, 0.15) is 22.3 Å². The van der Waals surface area contributed by atoms with E-state index in [0.29, 0.717) is 0 Å². The molecule has 0 N–H and O–H groups in total. The fourth-order valence-electron chi connectivity index (χ4n) is 13.5. The van der Waals surface area contributed by atoms with Crippen LogP contribution in [0.3, 0.4) is 0 Å². The number of nitrogens with zero attached hydrogens (tertiary/aromatic N) is 2. The zero-order valence-electron chi connectivity index (χ0n) is 49.4. The molecule has 0 atom stereocenters. The SMILES string of the molecule is Cc1cc(-c2ccc(N(c3ccc(-c4ccc5ccccc5c4)cc3)c3c(C)cccc3-c3ccc4oc5ccccc5c4c3)c(C)c2)ccc1N(c1ccc(-c2ccc3ccccc3c2)cc1)c1c(C)cccc1-c1ccc2oc3ccccc3c2c1. The first kappa shape index (κ1) is 52.4. The minimum Gasteiger partial charge on any atom is -0.456 e. The molecule has 0 unspecified atom stereocenters. The Morgan fingerprint density at radius 3 is 1.01 bits per heavy atom. The Labute approximate surface area is 512 Å². The highest BCUT2D eigenvalue weighted by molar-refractivity contribution is 6.09. The van der Waals surface area contributed by atoms with E-state index in [-0.39, 0.29) is 0 Å². The fourth-order valence-corrected chi connectivity index (χ4v) is 13.5. The summed E-state index contributed by atoms with van der Waals surface area (Å²) in [5, 5.41) is 9.36. The molecule has 16 rings (SSSR count). The van der Waals surface area contributed by atoms with E-state index in [1.54, 1.807) is 0 Å². The van der Waals surface area contributed by atoms with Gasteiger partial charge in [-0.25, -0.2) is 0 Å². The van der Waals surface area contributed by atoms with Crippen LogP contribution >= 0.6 is 0 Å². The molecule has 16 aromatic rings. The van der Waals surface area contributed by atoms with Crippen LogP contribution in [-0.4, -0.2) is 0 Å². The number of hydrogen-bond acceptors (Lipinski definition) is 4. The minimum absolute atomic E-state index is 0.881. The Kier molecular flexibility index (Phi) is 12.7. The average Bonchev–Trinajstić information content (AvgIpc) is 2.06. The minimum atomic E-state index is 0.881. The Balaban J connectivity index is 0.808. The number of rotatable bonds is 11. The molecule has 0 saturated carbocycles. The van der Waals surface area contributed by atoms with E-state index in [2.05, 4.69) is 304 Å². The second-order valence-corrected chi connectivity index (χ2v) is 23.5. The van der Waals surface area contributed by atoms with Crippen LogP contribution in [0.5, 0.6) is 0 Å². The summed E-state index contributed by atoms with van der Waals surface area (Å²) in [6.45, 7) is 8.98. The van der Waals surface area contributed by atoms with Crippen molar-refractivity contribution in [2.24, 2.45) is 0 Å². The van der Waals surface area contributed by atoms with E-state index in [0.717, 1.165) is 123 Å². The van der Waals surface area contributed by atoms with Crippen molar-refractivity contribution >= 4 is 99.5 Å². The van der Waals surface area contributed by atoms with Crippen molar-refractivity contribution in [2.75, 3.05) is 9.80 Å². The summed E-state index contributed by atoms with van der Waals surface area (Å²) < 4.78 is 12.7. The second kappa shape index (κ2) is 21.4. The smallest absolute Gasteiger partial charge is 0.135 e. The van der Waals surface area contributed by atoms with E-state index in [9.17, 15) is 0 Å². The monoisotopic (exact) mass is 1130 g/mol. The molecular weight excluding hydrogens is 1070 g/mol. The van der Waals surface area contributed by atoms with Gasteiger partial charge in [0, 0.05) is 55.4 Å². The van der Waals surface area contributed by atoms with E-state index in [1.165, 1.54) is 54.9 Å². The summed E-state index contributed by atoms with van der Waals surface area (Å²) in [5.74, 6) is 0. The molecule has 0 aliphatic rings. The zero-order chi connectivity index (χ0) is 59.0. The molecule has 0 saturated heterocycles. The lowest BCUT2D eigenvalue weighted by Gasteiger charge is -2.31. The first-order chi connectivity index (χ1) is 43.2. The van der Waals surface area contributed by atoms with Gasteiger partial charge in [-0.3, -0.25) is 0 Å². The number of furan rings is 2. The molecule has 0 aliphatic carbocycles. The largest absolute Gasteiger partial charge is 0.456 e. The number of hydrogen-bond donors (Lipinski definition) is 0. The van der Waals surface area contributed by atoms with Crippen LogP contribution in [0.4, 0.5) is 34.1 Å². The molecule has 2 aromatic heterocycles. The Bertz CT molecular complexity index is 5060. The van der Waals surface area contributed by atoms with Gasteiger partial charge in [0.15, 0.2) is 0 Å². The van der Waals surface area contributed by atoms with Gasteiger partial charge in [0.2, 0.25) is 0 Å². The molecule has 0 bridgehead atoms. The van der Waals surface area contributed by atoms with E-state index in [1.807, 2.05) is 24.3 Å². The third-order valence-corrected chi connectivity index (χ3v) is 17.9. The standard InChI is InChI=1S/C84H60N2O2/c1-53-15-13-23-71(67-37-45-81-75(51-67)73-21-9-11-25-79(73)87-81)83(53)85(69-39-31-59(32-40-69)65-29-27-57-17-5-7-19-61(57)49-65)77-43-35-63(47-55(77)3)64-36-44-78(56(4)48-64)86(70-41-33-60(34-42-70)66-30-28-58-18-6-8-20-62(58)50-66)84-54(2)16-14-24-72(84)68-38-46-82-76(52-68)74-22-10-12-26-80(74)88-82/h5-52H,1-4H3. The van der Waals surface area contributed by atoms with Crippen LogP contribution in [0.2, 0.25) is 0 Å². The lowest BCUT2D eigenvalue weighted by atomic mass is 9.94. The van der Waals surface area contributed by atoms with Crippen LogP contribution in [0.25, 0.3) is 121 Å². The number of aryl methyl sites for hydroxylation is 4. The fraction of sp³-hybridized carbons (Fsp3) is 0.0476. The molecule has 418 valence electrons. The van der Waals surface area contributed by atoms with Crippen LogP contribution < -0.4 is 9.80 Å². The molecule has 0 aliphatic heterocycles.